The zero-order valence-corrected chi connectivity index (χ0v) is 13.9. The lowest BCUT2D eigenvalue weighted by atomic mass is 10.1. The van der Waals surface area contributed by atoms with Crippen LogP contribution in [0.4, 0.5) is 16.2 Å². The molecule has 0 saturated carbocycles. The molecule has 6 heteroatoms. The molecule has 0 radical (unpaired) electrons. The van der Waals surface area contributed by atoms with E-state index in [0.29, 0.717) is 25.2 Å². The van der Waals surface area contributed by atoms with Gasteiger partial charge >= 0.3 is 6.03 Å². The van der Waals surface area contributed by atoms with Gasteiger partial charge in [-0.1, -0.05) is 36.4 Å². The highest BCUT2D eigenvalue weighted by molar-refractivity contribution is 5.97. The summed E-state index contributed by atoms with van der Waals surface area (Å²) in [7, 11) is 0. The third kappa shape index (κ3) is 4.36. The van der Waals surface area contributed by atoms with Crippen LogP contribution in [-0.4, -0.2) is 31.1 Å². The fraction of sp³-hybridized carbons (Fsp3) is 0.263. The summed E-state index contributed by atoms with van der Waals surface area (Å²) in [5.74, 6) is -0.246. The Morgan fingerprint density at radius 3 is 2.76 bits per heavy atom. The van der Waals surface area contributed by atoms with Crippen LogP contribution in [0.5, 0.6) is 0 Å². The largest absolute Gasteiger partial charge is 0.338 e. The third-order valence-corrected chi connectivity index (χ3v) is 4.14. The minimum Gasteiger partial charge on any atom is -0.338 e. The molecule has 3 rings (SSSR count). The van der Waals surface area contributed by atoms with Crippen molar-refractivity contribution in [1.29, 1.82) is 0 Å². The molecule has 2 aromatic rings. The van der Waals surface area contributed by atoms with E-state index in [4.69, 9.17) is 5.73 Å². The van der Waals surface area contributed by atoms with Gasteiger partial charge in [0.2, 0.25) is 5.91 Å². The fourth-order valence-corrected chi connectivity index (χ4v) is 2.82. The molecule has 1 saturated heterocycles. The number of hydrogen-bond donors (Lipinski definition) is 3. The van der Waals surface area contributed by atoms with Crippen molar-refractivity contribution in [2.75, 3.05) is 23.3 Å². The van der Waals surface area contributed by atoms with Crippen molar-refractivity contribution in [3.05, 3.63) is 60.2 Å². The van der Waals surface area contributed by atoms with Gasteiger partial charge < -0.3 is 16.4 Å². The highest BCUT2D eigenvalue weighted by atomic mass is 16.2. The van der Waals surface area contributed by atoms with E-state index in [1.807, 2.05) is 42.5 Å². The number of nitrogens with one attached hydrogen (secondary N) is 2. The molecule has 1 fully saturated rings. The number of carbonyl (C=O) groups is 2. The average molecular weight is 338 g/mol. The number of nitrogens with zero attached hydrogens (tertiary/aromatic N) is 1. The van der Waals surface area contributed by atoms with E-state index in [2.05, 4.69) is 10.6 Å². The summed E-state index contributed by atoms with van der Waals surface area (Å²) < 4.78 is 0. The molecule has 3 amide bonds. The number of hydrogen-bond acceptors (Lipinski definition) is 3. The number of carbonyl (C=O) groups excluding carboxylic acids is 2. The van der Waals surface area contributed by atoms with Gasteiger partial charge in [0, 0.05) is 24.5 Å². The number of benzene rings is 2. The van der Waals surface area contributed by atoms with Crippen LogP contribution in [0.1, 0.15) is 12.0 Å². The van der Waals surface area contributed by atoms with Crippen molar-refractivity contribution in [2.24, 2.45) is 5.73 Å². The second-order valence-corrected chi connectivity index (χ2v) is 6.07. The number of nitrogens with two attached hydrogens (primary N) is 1. The summed E-state index contributed by atoms with van der Waals surface area (Å²) in [4.78, 5) is 26.0. The Morgan fingerprint density at radius 1 is 1.20 bits per heavy atom. The lowest BCUT2D eigenvalue weighted by molar-refractivity contribution is -0.117. The van der Waals surface area contributed by atoms with Crippen molar-refractivity contribution in [3.63, 3.8) is 0 Å². The Kier molecular flexibility index (Phi) is 5.30. The van der Waals surface area contributed by atoms with Crippen molar-refractivity contribution < 1.29 is 9.59 Å². The van der Waals surface area contributed by atoms with E-state index in [0.717, 1.165) is 17.7 Å². The summed E-state index contributed by atoms with van der Waals surface area (Å²) in [6, 6.07) is 16.2. The van der Waals surface area contributed by atoms with Gasteiger partial charge in [-0.3, -0.25) is 9.69 Å². The Morgan fingerprint density at radius 2 is 2.00 bits per heavy atom. The Bertz CT molecular complexity index is 748. The van der Waals surface area contributed by atoms with E-state index in [1.165, 1.54) is 0 Å². The molecule has 0 spiro atoms. The van der Waals surface area contributed by atoms with Crippen LogP contribution < -0.4 is 21.3 Å². The molecule has 4 N–H and O–H groups in total. The number of urea groups is 1. The first-order valence-corrected chi connectivity index (χ1v) is 8.39. The Balaban J connectivity index is 1.65. The minimum absolute atomic E-state index is 0.115. The highest BCUT2D eigenvalue weighted by Gasteiger charge is 2.20. The topological polar surface area (TPSA) is 87.5 Å². The standard InChI is InChI=1S/C19H22N4O2/c20-17(12-14-6-2-1-3-7-14)18(24)22-15-8-4-9-16(13-15)23-11-5-10-21-19(23)25/h1-4,6-9,13,17H,5,10-12,20H2,(H,21,25)(H,22,24)/t17-/m0/s1. The van der Waals surface area contributed by atoms with Gasteiger partial charge in [0.25, 0.3) is 0 Å². The summed E-state index contributed by atoms with van der Waals surface area (Å²) >= 11 is 0. The summed E-state index contributed by atoms with van der Waals surface area (Å²) in [6.07, 6.45) is 1.37. The second-order valence-electron chi connectivity index (χ2n) is 6.07. The average Bonchev–Trinajstić information content (AvgIpc) is 2.63. The molecule has 1 aliphatic heterocycles. The maximum absolute atomic E-state index is 12.3. The van der Waals surface area contributed by atoms with E-state index < -0.39 is 6.04 Å². The molecule has 130 valence electrons. The lowest BCUT2D eigenvalue weighted by Gasteiger charge is -2.27. The first kappa shape index (κ1) is 17.0. The van der Waals surface area contributed by atoms with E-state index in [-0.39, 0.29) is 11.9 Å². The summed E-state index contributed by atoms with van der Waals surface area (Å²) in [6.45, 7) is 1.36. The van der Waals surface area contributed by atoms with Crippen LogP contribution in [0.25, 0.3) is 0 Å². The van der Waals surface area contributed by atoms with Gasteiger partial charge in [-0.05, 0) is 36.6 Å². The lowest BCUT2D eigenvalue weighted by Crippen LogP contribution is -2.46. The van der Waals surface area contributed by atoms with Crippen LogP contribution in [0.15, 0.2) is 54.6 Å². The summed E-state index contributed by atoms with van der Waals surface area (Å²) in [5.41, 5.74) is 8.42. The second kappa shape index (κ2) is 7.81. The zero-order valence-electron chi connectivity index (χ0n) is 13.9. The number of rotatable bonds is 5. The molecular formula is C19H22N4O2. The molecule has 1 atom stereocenters. The molecule has 1 aliphatic rings. The quantitative estimate of drug-likeness (QED) is 0.780. The van der Waals surface area contributed by atoms with E-state index in [9.17, 15) is 9.59 Å². The van der Waals surface area contributed by atoms with Gasteiger partial charge in [0.15, 0.2) is 0 Å². The molecule has 25 heavy (non-hydrogen) atoms. The van der Waals surface area contributed by atoms with Crippen molar-refractivity contribution in [3.8, 4) is 0 Å². The van der Waals surface area contributed by atoms with Crippen LogP contribution in [0.3, 0.4) is 0 Å². The van der Waals surface area contributed by atoms with Crippen molar-refractivity contribution >= 4 is 23.3 Å². The van der Waals surface area contributed by atoms with Gasteiger partial charge in [-0.2, -0.15) is 0 Å². The highest BCUT2D eigenvalue weighted by Crippen LogP contribution is 2.21. The smallest absolute Gasteiger partial charge is 0.321 e. The maximum atomic E-state index is 12.3. The van der Waals surface area contributed by atoms with Crippen LogP contribution >= 0.6 is 0 Å². The van der Waals surface area contributed by atoms with E-state index >= 15 is 0 Å². The predicted molar refractivity (Wildman–Crippen MR) is 98.6 cm³/mol. The van der Waals surface area contributed by atoms with Crippen LogP contribution in [0.2, 0.25) is 0 Å². The monoisotopic (exact) mass is 338 g/mol. The number of amides is 3. The molecule has 2 aromatic carbocycles. The van der Waals surface area contributed by atoms with Crippen LogP contribution in [0, 0.1) is 0 Å². The fourth-order valence-electron chi connectivity index (χ4n) is 2.82. The Labute approximate surface area is 147 Å². The first-order valence-electron chi connectivity index (χ1n) is 8.39. The predicted octanol–water partition coefficient (Wildman–Crippen LogP) is 2.11. The molecule has 0 bridgehead atoms. The molecule has 1 heterocycles. The normalized spacial score (nSPS) is 15.4. The number of anilines is 2. The van der Waals surface area contributed by atoms with Gasteiger partial charge in [0.05, 0.1) is 6.04 Å². The van der Waals surface area contributed by atoms with Crippen molar-refractivity contribution in [2.45, 2.75) is 18.9 Å². The Hall–Kier alpha value is -2.86. The SMILES string of the molecule is N[C@@H](Cc1ccccc1)C(=O)Nc1cccc(N2CCCNC2=O)c1. The van der Waals surface area contributed by atoms with E-state index in [1.54, 1.807) is 17.0 Å². The molecule has 0 aliphatic carbocycles. The van der Waals surface area contributed by atoms with Crippen molar-refractivity contribution in [1.82, 2.24) is 5.32 Å². The first-order chi connectivity index (χ1) is 12.1. The molecule has 0 aromatic heterocycles. The molecule has 6 nitrogen and oxygen atoms in total. The van der Waals surface area contributed by atoms with Gasteiger partial charge in [-0.15, -0.1) is 0 Å². The summed E-state index contributed by atoms with van der Waals surface area (Å²) in [5, 5.41) is 5.65. The third-order valence-electron chi connectivity index (χ3n) is 4.14. The van der Waals surface area contributed by atoms with Gasteiger partial charge in [-0.25, -0.2) is 4.79 Å². The minimum atomic E-state index is -0.635. The molecular weight excluding hydrogens is 316 g/mol. The zero-order chi connectivity index (χ0) is 17.6. The maximum Gasteiger partial charge on any atom is 0.321 e. The van der Waals surface area contributed by atoms with Gasteiger partial charge in [0.1, 0.15) is 0 Å². The van der Waals surface area contributed by atoms with Crippen LogP contribution in [-0.2, 0) is 11.2 Å². The molecule has 0 unspecified atom stereocenters.